The second kappa shape index (κ2) is 5.10. The molecule has 1 amide bonds. The zero-order valence-corrected chi connectivity index (χ0v) is 11.6. The lowest BCUT2D eigenvalue weighted by Gasteiger charge is -2.31. The van der Waals surface area contributed by atoms with Gasteiger partial charge < -0.3 is 5.11 Å². The molecule has 0 aliphatic carbocycles. The summed E-state index contributed by atoms with van der Waals surface area (Å²) in [5, 5.41) is 16.3. The number of aromatic nitrogens is 1. The van der Waals surface area contributed by atoms with Crippen molar-refractivity contribution in [2.24, 2.45) is 5.10 Å². The van der Waals surface area contributed by atoms with Gasteiger partial charge in [0.1, 0.15) is 0 Å². The Labute approximate surface area is 122 Å². The highest BCUT2D eigenvalue weighted by Crippen LogP contribution is 2.35. The van der Waals surface area contributed by atoms with Gasteiger partial charge in [-0.2, -0.15) is 10.1 Å². The molecular weight excluding hydrogens is 266 g/mol. The van der Waals surface area contributed by atoms with Crippen LogP contribution in [0.2, 0.25) is 0 Å². The van der Waals surface area contributed by atoms with Gasteiger partial charge in [0.15, 0.2) is 5.72 Å². The lowest BCUT2D eigenvalue weighted by atomic mass is 9.99. The summed E-state index contributed by atoms with van der Waals surface area (Å²) in [5.41, 5.74) is 0.254. The van der Waals surface area contributed by atoms with Crippen molar-refractivity contribution in [3.8, 4) is 0 Å². The SMILES string of the molecule is CC1=NN(C(=O)c2ccccc2)C(O)(c2cccnc2)C1. The van der Waals surface area contributed by atoms with E-state index in [0.29, 0.717) is 16.8 Å². The van der Waals surface area contributed by atoms with Gasteiger partial charge in [-0.3, -0.25) is 9.78 Å². The van der Waals surface area contributed by atoms with Crippen LogP contribution in [-0.4, -0.2) is 26.7 Å². The van der Waals surface area contributed by atoms with Gasteiger partial charge in [0.2, 0.25) is 0 Å². The smallest absolute Gasteiger partial charge is 0.276 e. The highest BCUT2D eigenvalue weighted by Gasteiger charge is 2.45. The van der Waals surface area contributed by atoms with Crippen molar-refractivity contribution < 1.29 is 9.90 Å². The minimum atomic E-state index is -1.48. The topological polar surface area (TPSA) is 65.8 Å². The van der Waals surface area contributed by atoms with Crippen molar-refractivity contribution >= 4 is 11.6 Å². The molecule has 5 heteroatoms. The Kier molecular flexibility index (Phi) is 3.27. The summed E-state index contributed by atoms with van der Waals surface area (Å²) in [4.78, 5) is 16.6. The number of amides is 1. The van der Waals surface area contributed by atoms with Crippen LogP contribution in [0.4, 0.5) is 0 Å². The van der Waals surface area contributed by atoms with E-state index in [9.17, 15) is 9.90 Å². The molecule has 0 saturated carbocycles. The van der Waals surface area contributed by atoms with Crippen LogP contribution < -0.4 is 0 Å². The molecule has 0 bridgehead atoms. The van der Waals surface area contributed by atoms with Crippen LogP contribution in [-0.2, 0) is 5.72 Å². The first kappa shape index (κ1) is 13.5. The second-order valence-corrected chi connectivity index (χ2v) is 5.05. The third-order valence-corrected chi connectivity index (χ3v) is 3.46. The molecule has 2 heterocycles. The average molecular weight is 281 g/mol. The second-order valence-electron chi connectivity index (χ2n) is 5.05. The summed E-state index contributed by atoms with van der Waals surface area (Å²) >= 11 is 0. The molecule has 1 atom stereocenters. The number of rotatable bonds is 2. The van der Waals surface area contributed by atoms with E-state index in [4.69, 9.17) is 0 Å². The normalized spacial score (nSPS) is 21.2. The standard InChI is InChI=1S/C16H15N3O2/c1-12-10-16(21,14-8-5-9-17-11-14)19(18-12)15(20)13-6-3-2-4-7-13/h2-9,11,21H,10H2,1H3. The lowest BCUT2D eigenvalue weighted by molar-refractivity contribution is -0.0767. The maximum Gasteiger partial charge on any atom is 0.276 e. The fourth-order valence-corrected chi connectivity index (χ4v) is 2.46. The van der Waals surface area contributed by atoms with E-state index in [0.717, 1.165) is 5.01 Å². The molecule has 1 aromatic heterocycles. The summed E-state index contributed by atoms with van der Waals surface area (Å²) in [6, 6.07) is 12.3. The first-order valence-electron chi connectivity index (χ1n) is 6.68. The number of nitrogens with zero attached hydrogens (tertiary/aromatic N) is 3. The van der Waals surface area contributed by atoms with E-state index in [1.165, 1.54) is 0 Å². The zero-order chi connectivity index (χ0) is 14.9. The van der Waals surface area contributed by atoms with Gasteiger partial charge in [0.25, 0.3) is 5.91 Å². The zero-order valence-electron chi connectivity index (χ0n) is 11.6. The Hall–Kier alpha value is -2.53. The minimum Gasteiger partial charge on any atom is -0.365 e. The molecule has 0 radical (unpaired) electrons. The molecule has 1 N–H and O–H groups in total. The summed E-state index contributed by atoms with van der Waals surface area (Å²) in [6.07, 6.45) is 3.45. The van der Waals surface area contributed by atoms with Crippen molar-refractivity contribution in [3.05, 3.63) is 66.0 Å². The van der Waals surface area contributed by atoms with Gasteiger partial charge >= 0.3 is 0 Å². The number of aliphatic hydroxyl groups is 1. The van der Waals surface area contributed by atoms with E-state index in [1.807, 2.05) is 6.07 Å². The largest absolute Gasteiger partial charge is 0.365 e. The van der Waals surface area contributed by atoms with Crippen LogP contribution in [0.25, 0.3) is 0 Å². The Morgan fingerprint density at radius 1 is 1.24 bits per heavy atom. The fraction of sp³-hybridized carbons (Fsp3) is 0.188. The van der Waals surface area contributed by atoms with Crippen LogP contribution in [0.5, 0.6) is 0 Å². The maximum atomic E-state index is 12.6. The van der Waals surface area contributed by atoms with Crippen LogP contribution >= 0.6 is 0 Å². The van der Waals surface area contributed by atoms with Crippen molar-refractivity contribution in [1.29, 1.82) is 0 Å². The Morgan fingerprint density at radius 2 is 2.00 bits per heavy atom. The summed E-state index contributed by atoms with van der Waals surface area (Å²) in [5.74, 6) is -0.334. The van der Waals surface area contributed by atoms with Crippen molar-refractivity contribution in [2.45, 2.75) is 19.1 Å². The predicted molar refractivity (Wildman–Crippen MR) is 78.5 cm³/mol. The van der Waals surface area contributed by atoms with Gasteiger partial charge in [-0.15, -0.1) is 0 Å². The predicted octanol–water partition coefficient (Wildman–Crippen LogP) is 2.15. The monoisotopic (exact) mass is 281 g/mol. The number of hydrogen-bond acceptors (Lipinski definition) is 4. The van der Waals surface area contributed by atoms with Crippen molar-refractivity contribution in [2.75, 3.05) is 0 Å². The minimum absolute atomic E-state index is 0.275. The molecule has 1 unspecified atom stereocenters. The molecular formula is C16H15N3O2. The summed E-state index contributed by atoms with van der Waals surface area (Å²) in [7, 11) is 0. The number of hydrogen-bond donors (Lipinski definition) is 1. The van der Waals surface area contributed by atoms with E-state index >= 15 is 0 Å². The molecule has 5 nitrogen and oxygen atoms in total. The van der Waals surface area contributed by atoms with Gasteiger partial charge in [-0.25, -0.2) is 0 Å². The van der Waals surface area contributed by atoms with E-state index in [2.05, 4.69) is 10.1 Å². The van der Waals surface area contributed by atoms with Crippen LogP contribution in [0.1, 0.15) is 29.3 Å². The Morgan fingerprint density at radius 3 is 2.67 bits per heavy atom. The molecule has 21 heavy (non-hydrogen) atoms. The number of benzene rings is 1. The summed E-state index contributed by atoms with van der Waals surface area (Å²) < 4.78 is 0. The van der Waals surface area contributed by atoms with Gasteiger partial charge in [0.05, 0.1) is 0 Å². The Bertz CT molecular complexity index is 685. The average Bonchev–Trinajstić information content (AvgIpc) is 2.84. The van der Waals surface area contributed by atoms with Crippen molar-refractivity contribution in [3.63, 3.8) is 0 Å². The van der Waals surface area contributed by atoms with Gasteiger partial charge in [0, 0.05) is 35.7 Å². The number of pyridine rings is 1. The summed E-state index contributed by atoms with van der Waals surface area (Å²) in [6.45, 7) is 1.79. The molecule has 0 saturated heterocycles. The first-order chi connectivity index (χ1) is 10.1. The quantitative estimate of drug-likeness (QED) is 0.917. The Balaban J connectivity index is 2.01. The lowest BCUT2D eigenvalue weighted by Crippen LogP contribution is -2.43. The molecule has 3 rings (SSSR count). The highest BCUT2D eigenvalue weighted by molar-refractivity contribution is 5.97. The molecule has 106 valence electrons. The molecule has 2 aromatic rings. The molecule has 1 aliphatic rings. The van der Waals surface area contributed by atoms with E-state index in [-0.39, 0.29) is 12.3 Å². The molecule has 1 aliphatic heterocycles. The highest BCUT2D eigenvalue weighted by atomic mass is 16.3. The van der Waals surface area contributed by atoms with Crippen LogP contribution in [0.3, 0.4) is 0 Å². The third-order valence-electron chi connectivity index (χ3n) is 3.46. The molecule has 1 aromatic carbocycles. The van der Waals surface area contributed by atoms with Crippen LogP contribution in [0, 0.1) is 0 Å². The fourth-order valence-electron chi connectivity index (χ4n) is 2.46. The van der Waals surface area contributed by atoms with Crippen molar-refractivity contribution in [1.82, 2.24) is 9.99 Å². The van der Waals surface area contributed by atoms with Gasteiger partial charge in [-0.05, 0) is 25.1 Å². The van der Waals surface area contributed by atoms with Gasteiger partial charge in [-0.1, -0.05) is 24.3 Å². The number of carbonyl (C=O) groups excluding carboxylic acids is 1. The molecule has 0 fully saturated rings. The first-order valence-corrected chi connectivity index (χ1v) is 6.68. The van der Waals surface area contributed by atoms with Crippen LogP contribution in [0.15, 0.2) is 60.0 Å². The molecule has 0 spiro atoms. The number of hydrazone groups is 1. The van der Waals surface area contributed by atoms with E-state index < -0.39 is 5.72 Å². The maximum absolute atomic E-state index is 12.6. The third kappa shape index (κ3) is 2.32. The number of carbonyl (C=O) groups is 1. The van der Waals surface area contributed by atoms with E-state index in [1.54, 1.807) is 55.7 Å².